The Morgan fingerprint density at radius 3 is 1.22 bits per heavy atom. The van der Waals surface area contributed by atoms with Crippen LogP contribution in [0.2, 0.25) is 0 Å². The first kappa shape index (κ1) is 39.6. The van der Waals surface area contributed by atoms with Gasteiger partial charge < -0.3 is 13.5 Å². The van der Waals surface area contributed by atoms with Crippen LogP contribution in [0.3, 0.4) is 0 Å². The van der Waals surface area contributed by atoms with Gasteiger partial charge in [-0.15, -0.1) is 0 Å². The van der Waals surface area contributed by atoms with Crippen molar-refractivity contribution in [3.63, 3.8) is 0 Å². The van der Waals surface area contributed by atoms with Crippen molar-refractivity contribution in [2.45, 2.75) is 19.3 Å². The number of rotatable bonds is 5. The molecule has 11 aromatic carbocycles. The van der Waals surface area contributed by atoms with Gasteiger partial charge in [0.25, 0.3) is 0 Å². The molecule has 0 N–H and O–H groups in total. The molecule has 0 saturated carbocycles. The van der Waals surface area contributed by atoms with Crippen molar-refractivity contribution in [3.05, 3.63) is 248 Å². The van der Waals surface area contributed by atoms with E-state index >= 15 is 0 Å². The zero-order valence-corrected chi connectivity index (χ0v) is 39.9. The summed E-state index contributed by atoms with van der Waals surface area (Å²) in [6.45, 7) is 4.72. The van der Waals surface area contributed by atoms with Crippen molar-refractivity contribution in [2.75, 3.05) is 0 Å². The fraction of sp³-hybridized carbons (Fsp3) is 0.0435. The highest BCUT2D eigenvalue weighted by Gasteiger charge is 2.35. The fourth-order valence-corrected chi connectivity index (χ4v) is 13.0. The maximum atomic E-state index is 2.45. The van der Waals surface area contributed by atoms with E-state index < -0.39 is 0 Å². The van der Waals surface area contributed by atoms with Crippen LogP contribution in [-0.2, 0) is 5.41 Å². The summed E-state index contributed by atoms with van der Waals surface area (Å²) in [5.41, 5.74) is 23.7. The van der Waals surface area contributed by atoms with Gasteiger partial charge in [0.05, 0.1) is 38.6 Å². The van der Waals surface area contributed by atoms with E-state index in [2.05, 4.69) is 264 Å². The third-order valence-corrected chi connectivity index (χ3v) is 16.4. The molecule has 0 atom stereocenters. The van der Waals surface area contributed by atoms with E-state index in [0.717, 1.165) is 5.69 Å². The summed E-state index contributed by atoms with van der Waals surface area (Å²) < 4.78 is 7.32. The van der Waals surface area contributed by atoms with Gasteiger partial charge >= 0.3 is 0 Å². The average Bonchev–Trinajstić information content (AvgIpc) is 4.21. The molecule has 0 bridgehead atoms. The number of hydrogen-bond acceptors (Lipinski definition) is 0. The second-order valence-electron chi connectivity index (χ2n) is 20.5. The topological polar surface area (TPSA) is 14.3 Å². The minimum atomic E-state index is -0.0645. The van der Waals surface area contributed by atoms with Crippen LogP contribution < -0.4 is 0 Å². The smallest absolute Gasteiger partial charge is 0.0620 e. The molecule has 4 heterocycles. The summed E-state index contributed by atoms with van der Waals surface area (Å²) in [5, 5.41) is 10.2. The Kier molecular flexibility index (Phi) is 7.95. The molecular formula is C69H45N3. The molecule has 4 aromatic heterocycles. The second kappa shape index (κ2) is 14.4. The van der Waals surface area contributed by atoms with E-state index in [-0.39, 0.29) is 5.41 Å². The van der Waals surface area contributed by atoms with E-state index in [1.165, 1.54) is 143 Å². The quantitative estimate of drug-likeness (QED) is 0.163. The van der Waals surface area contributed by atoms with Crippen molar-refractivity contribution in [1.82, 2.24) is 13.5 Å². The molecule has 0 fully saturated rings. The van der Waals surface area contributed by atoms with Crippen LogP contribution in [-0.4, -0.2) is 13.5 Å². The normalized spacial score (nSPS) is 13.2. The summed E-state index contributed by atoms with van der Waals surface area (Å²) in [7, 11) is 0. The van der Waals surface area contributed by atoms with Gasteiger partial charge in [-0.2, -0.15) is 0 Å². The van der Waals surface area contributed by atoms with Gasteiger partial charge in [0.2, 0.25) is 0 Å². The van der Waals surface area contributed by atoms with E-state index in [0.29, 0.717) is 0 Å². The monoisotopic (exact) mass is 915 g/mol. The number of fused-ring (bicyclic) bond motifs is 15. The third kappa shape index (κ3) is 5.40. The molecular weight excluding hydrogens is 871 g/mol. The average molecular weight is 916 g/mol. The maximum absolute atomic E-state index is 2.45. The SMILES string of the molecule is CC1(C)c2ccccc2-c2ccc(-n3c4ccccc4c4cc(-c5ccc(-c6ccc7c(c6)c6ccccc6n7-c6ccc(-c7cc8c9ccccc9n9c%10ccccc%10c(c7)c89)cc6)cc5)ccc43)cc21. The highest BCUT2D eigenvalue weighted by Crippen LogP contribution is 2.50. The summed E-state index contributed by atoms with van der Waals surface area (Å²) >= 11 is 0. The third-order valence-electron chi connectivity index (χ3n) is 16.4. The van der Waals surface area contributed by atoms with Gasteiger partial charge in [-0.25, -0.2) is 0 Å². The van der Waals surface area contributed by atoms with Crippen molar-refractivity contribution < 1.29 is 0 Å². The molecule has 0 aliphatic heterocycles. The first-order valence-corrected chi connectivity index (χ1v) is 25.2. The standard InChI is InChI=1S/C69H45N3/c1-69(2)60-18-8-3-13-50(60)51-34-33-49(41-61(51)69)71-63-20-10-5-15-53(63)57-38-46(30-36-67(57)71)43-25-23-42(24-26-43)45-29-35-66-56(37-45)52-14-4-9-19-62(52)70(66)48-31-27-44(28-32-48)47-39-58-54-16-6-11-21-64(54)72-65-22-12-7-17-55(65)59(40-47)68(58)72/h3-41H,1-2H3. The first-order valence-electron chi connectivity index (χ1n) is 25.2. The molecule has 3 heteroatoms. The highest BCUT2D eigenvalue weighted by molar-refractivity contribution is 6.24. The van der Waals surface area contributed by atoms with Crippen LogP contribution in [0.15, 0.2) is 237 Å². The second-order valence-corrected chi connectivity index (χ2v) is 20.5. The van der Waals surface area contributed by atoms with E-state index in [1.807, 2.05) is 0 Å². The molecule has 15 aromatic rings. The van der Waals surface area contributed by atoms with Gasteiger partial charge in [0.1, 0.15) is 0 Å². The number of nitrogens with zero attached hydrogens (tertiary/aromatic N) is 3. The lowest BCUT2D eigenvalue weighted by Gasteiger charge is -2.22. The summed E-state index contributed by atoms with van der Waals surface area (Å²) in [6.07, 6.45) is 0. The molecule has 16 rings (SSSR count). The molecule has 0 radical (unpaired) electrons. The first-order chi connectivity index (χ1) is 35.5. The Labute approximate surface area is 416 Å². The molecule has 1 aliphatic rings. The number of aromatic nitrogens is 3. The van der Waals surface area contributed by atoms with Gasteiger partial charge in [-0.3, -0.25) is 0 Å². The van der Waals surface area contributed by atoms with Crippen LogP contribution >= 0.6 is 0 Å². The summed E-state index contributed by atoms with van der Waals surface area (Å²) in [4.78, 5) is 0. The van der Waals surface area contributed by atoms with Crippen LogP contribution in [0, 0.1) is 0 Å². The highest BCUT2D eigenvalue weighted by atomic mass is 15.0. The van der Waals surface area contributed by atoms with E-state index in [1.54, 1.807) is 0 Å². The van der Waals surface area contributed by atoms with E-state index in [9.17, 15) is 0 Å². The van der Waals surface area contributed by atoms with Gasteiger partial charge in [-0.05, 0) is 141 Å². The van der Waals surface area contributed by atoms with Crippen molar-refractivity contribution >= 4 is 81.7 Å². The Morgan fingerprint density at radius 1 is 0.264 bits per heavy atom. The molecule has 0 saturated heterocycles. The maximum Gasteiger partial charge on any atom is 0.0620 e. The van der Waals surface area contributed by atoms with Crippen LogP contribution in [0.25, 0.3) is 138 Å². The predicted octanol–water partition coefficient (Wildman–Crippen LogP) is 18.3. The molecule has 0 spiro atoms. The molecule has 0 amide bonds. The zero-order valence-electron chi connectivity index (χ0n) is 39.9. The predicted molar refractivity (Wildman–Crippen MR) is 304 cm³/mol. The van der Waals surface area contributed by atoms with Crippen LogP contribution in [0.5, 0.6) is 0 Å². The van der Waals surface area contributed by atoms with E-state index in [4.69, 9.17) is 0 Å². The molecule has 0 unspecified atom stereocenters. The van der Waals surface area contributed by atoms with Crippen LogP contribution in [0.4, 0.5) is 0 Å². The lowest BCUT2D eigenvalue weighted by Crippen LogP contribution is -2.15. The van der Waals surface area contributed by atoms with Crippen molar-refractivity contribution in [2.24, 2.45) is 0 Å². The number of hydrogen-bond donors (Lipinski definition) is 0. The number of para-hydroxylation sites is 4. The van der Waals surface area contributed by atoms with Gasteiger partial charge in [0.15, 0.2) is 0 Å². The largest absolute Gasteiger partial charge is 0.309 e. The minimum Gasteiger partial charge on any atom is -0.309 e. The lowest BCUT2D eigenvalue weighted by molar-refractivity contribution is 0.660. The Balaban J connectivity index is 0.738. The zero-order chi connectivity index (χ0) is 47.4. The Bertz CT molecular complexity index is 4660. The Morgan fingerprint density at radius 2 is 0.653 bits per heavy atom. The van der Waals surface area contributed by atoms with Crippen LogP contribution in [0.1, 0.15) is 25.0 Å². The molecule has 3 nitrogen and oxygen atoms in total. The number of benzene rings is 11. The van der Waals surface area contributed by atoms with Crippen molar-refractivity contribution in [1.29, 1.82) is 0 Å². The lowest BCUT2D eigenvalue weighted by atomic mass is 9.82. The summed E-state index contributed by atoms with van der Waals surface area (Å²) in [6, 6.07) is 88.3. The minimum absolute atomic E-state index is 0.0645. The molecule has 1 aliphatic carbocycles. The van der Waals surface area contributed by atoms with Gasteiger partial charge in [0, 0.05) is 59.9 Å². The molecule has 336 valence electrons. The summed E-state index contributed by atoms with van der Waals surface area (Å²) in [5.74, 6) is 0. The Hall–Kier alpha value is -9.18. The molecule has 72 heavy (non-hydrogen) atoms. The van der Waals surface area contributed by atoms with Gasteiger partial charge in [-0.1, -0.05) is 166 Å². The fourth-order valence-electron chi connectivity index (χ4n) is 13.0. The van der Waals surface area contributed by atoms with Crippen molar-refractivity contribution in [3.8, 4) is 55.9 Å².